The number of aromatic amines is 1. The molecule has 30 heavy (non-hydrogen) atoms. The van der Waals surface area contributed by atoms with E-state index < -0.39 is 0 Å². The molecule has 0 unspecified atom stereocenters. The third-order valence-corrected chi connectivity index (χ3v) is 5.19. The van der Waals surface area contributed by atoms with Crippen LogP contribution < -0.4 is 16.2 Å². The summed E-state index contributed by atoms with van der Waals surface area (Å²) in [5.41, 5.74) is 4.48. The molecule has 0 aliphatic rings. The van der Waals surface area contributed by atoms with E-state index in [0.717, 1.165) is 22.4 Å². The summed E-state index contributed by atoms with van der Waals surface area (Å²) in [5.74, 6) is -0.227. The van der Waals surface area contributed by atoms with Crippen LogP contribution in [-0.4, -0.2) is 33.1 Å². The summed E-state index contributed by atoms with van der Waals surface area (Å²) < 4.78 is 1.61. The Morgan fingerprint density at radius 2 is 1.97 bits per heavy atom. The highest BCUT2D eigenvalue weighted by Gasteiger charge is 2.16. The van der Waals surface area contributed by atoms with Gasteiger partial charge in [-0.15, -0.1) is 0 Å². The Labute approximate surface area is 174 Å². The zero-order chi connectivity index (χ0) is 21.8. The number of hydrogen-bond acceptors (Lipinski definition) is 4. The summed E-state index contributed by atoms with van der Waals surface area (Å²) in [4.78, 5) is 41.0. The maximum absolute atomic E-state index is 12.4. The molecular weight excluding hydrogens is 382 g/mol. The van der Waals surface area contributed by atoms with Gasteiger partial charge in [-0.3, -0.25) is 24.2 Å². The van der Waals surface area contributed by atoms with Gasteiger partial charge in [0.05, 0.1) is 5.39 Å². The summed E-state index contributed by atoms with van der Waals surface area (Å²) >= 11 is 0. The molecule has 0 fully saturated rings. The van der Waals surface area contributed by atoms with E-state index in [9.17, 15) is 14.4 Å². The van der Waals surface area contributed by atoms with Crippen molar-refractivity contribution in [3.05, 3.63) is 62.6 Å². The first-order chi connectivity index (χ1) is 14.3. The molecular formula is C22H27N5O3. The van der Waals surface area contributed by atoms with E-state index in [1.807, 2.05) is 26.8 Å². The molecule has 2 heterocycles. The highest BCUT2D eigenvalue weighted by Crippen LogP contribution is 2.21. The number of aryl methyl sites for hydroxylation is 3. The minimum atomic E-state index is -0.171. The van der Waals surface area contributed by atoms with Crippen LogP contribution in [0.25, 0.3) is 11.0 Å². The highest BCUT2D eigenvalue weighted by atomic mass is 16.2. The molecule has 1 aromatic carbocycles. The van der Waals surface area contributed by atoms with Crippen LogP contribution in [0.3, 0.4) is 0 Å². The Balaban J connectivity index is 1.64. The predicted octanol–water partition coefficient (Wildman–Crippen LogP) is 1.88. The Morgan fingerprint density at radius 1 is 1.20 bits per heavy atom. The van der Waals surface area contributed by atoms with Gasteiger partial charge < -0.3 is 10.6 Å². The lowest BCUT2D eigenvalue weighted by atomic mass is 10.00. The van der Waals surface area contributed by atoms with Crippen molar-refractivity contribution >= 4 is 22.8 Å². The van der Waals surface area contributed by atoms with Crippen molar-refractivity contribution in [1.29, 1.82) is 0 Å². The molecule has 0 saturated heterocycles. The first-order valence-corrected chi connectivity index (χ1v) is 10.0. The minimum absolute atomic E-state index is 0.0979. The lowest BCUT2D eigenvalue weighted by Gasteiger charge is -2.11. The number of nitrogens with one attached hydrogen (secondary N) is 3. The minimum Gasteiger partial charge on any atom is -0.352 e. The van der Waals surface area contributed by atoms with Gasteiger partial charge in [-0.2, -0.15) is 0 Å². The lowest BCUT2D eigenvalue weighted by molar-refractivity contribution is -0.121. The fourth-order valence-electron chi connectivity index (χ4n) is 3.63. The smallest absolute Gasteiger partial charge is 0.273 e. The Bertz CT molecular complexity index is 1160. The molecule has 0 aliphatic carbocycles. The number of nitrogens with zero attached hydrogens (tertiary/aromatic N) is 2. The number of rotatable bonds is 7. The average molecular weight is 409 g/mol. The largest absolute Gasteiger partial charge is 0.352 e. The van der Waals surface area contributed by atoms with Gasteiger partial charge in [0, 0.05) is 37.8 Å². The van der Waals surface area contributed by atoms with Crippen LogP contribution in [0.4, 0.5) is 0 Å². The van der Waals surface area contributed by atoms with Crippen LogP contribution in [0.2, 0.25) is 0 Å². The monoisotopic (exact) mass is 409 g/mol. The van der Waals surface area contributed by atoms with Crippen molar-refractivity contribution in [2.45, 2.75) is 40.2 Å². The SMILES string of the molecule is CCNC(=O)c1cccc(CNC(=O)CCc2c(C)nc3c(c2C)c(=O)[nH]n3C)c1. The second kappa shape index (κ2) is 8.94. The number of hydrogen-bond donors (Lipinski definition) is 3. The van der Waals surface area contributed by atoms with Crippen LogP contribution >= 0.6 is 0 Å². The molecule has 0 atom stereocenters. The molecule has 0 bridgehead atoms. The van der Waals surface area contributed by atoms with Crippen molar-refractivity contribution in [3.63, 3.8) is 0 Å². The van der Waals surface area contributed by atoms with Gasteiger partial charge in [0.1, 0.15) is 0 Å². The second-order valence-electron chi connectivity index (χ2n) is 7.34. The number of H-pyrrole nitrogens is 1. The van der Waals surface area contributed by atoms with E-state index in [4.69, 9.17) is 0 Å². The summed E-state index contributed by atoms with van der Waals surface area (Å²) in [7, 11) is 1.75. The third kappa shape index (κ3) is 4.42. The molecule has 8 nitrogen and oxygen atoms in total. The lowest BCUT2D eigenvalue weighted by Crippen LogP contribution is -2.25. The standard InChI is InChI=1S/C22H27N5O3/c1-5-23-21(29)16-8-6-7-15(11-16)12-24-18(28)10-9-17-13(2)19-20(25-14(17)3)27(4)26-22(19)30/h6-8,11H,5,9-10,12H2,1-4H3,(H,23,29)(H,24,28)(H,26,30). The number of fused-ring (bicyclic) bond motifs is 1. The molecule has 3 N–H and O–H groups in total. The number of amides is 2. The molecule has 2 aromatic heterocycles. The van der Waals surface area contributed by atoms with Crippen LogP contribution in [0.5, 0.6) is 0 Å². The van der Waals surface area contributed by atoms with Gasteiger partial charge >= 0.3 is 0 Å². The van der Waals surface area contributed by atoms with Crippen LogP contribution in [0.15, 0.2) is 29.1 Å². The zero-order valence-electron chi connectivity index (χ0n) is 17.8. The van der Waals surface area contributed by atoms with Crippen molar-refractivity contribution in [2.75, 3.05) is 6.54 Å². The molecule has 3 aromatic rings. The first kappa shape index (κ1) is 21.3. The Hall–Kier alpha value is -3.42. The normalized spacial score (nSPS) is 10.9. The van der Waals surface area contributed by atoms with Crippen LogP contribution in [0, 0.1) is 13.8 Å². The molecule has 0 saturated carbocycles. The number of aromatic nitrogens is 3. The maximum atomic E-state index is 12.4. The van der Waals surface area contributed by atoms with E-state index in [0.29, 0.717) is 36.1 Å². The Morgan fingerprint density at radius 3 is 2.70 bits per heavy atom. The first-order valence-electron chi connectivity index (χ1n) is 10.0. The van der Waals surface area contributed by atoms with Crippen LogP contribution in [0.1, 0.15) is 46.1 Å². The quantitative estimate of drug-likeness (QED) is 0.553. The van der Waals surface area contributed by atoms with E-state index in [1.165, 1.54) is 0 Å². The molecule has 0 aliphatic heterocycles. The number of pyridine rings is 1. The number of carbonyl (C=O) groups is 2. The third-order valence-electron chi connectivity index (χ3n) is 5.19. The summed E-state index contributed by atoms with van der Waals surface area (Å²) in [6.07, 6.45) is 0.787. The van der Waals surface area contributed by atoms with E-state index >= 15 is 0 Å². The van der Waals surface area contributed by atoms with E-state index in [1.54, 1.807) is 29.9 Å². The van der Waals surface area contributed by atoms with E-state index in [2.05, 4.69) is 20.7 Å². The molecule has 0 spiro atoms. The molecule has 2 amide bonds. The van der Waals surface area contributed by atoms with Crippen molar-refractivity contribution in [2.24, 2.45) is 7.05 Å². The average Bonchev–Trinajstić information content (AvgIpc) is 3.00. The Kier molecular flexibility index (Phi) is 6.34. The molecule has 0 radical (unpaired) electrons. The van der Waals surface area contributed by atoms with E-state index in [-0.39, 0.29) is 23.8 Å². The van der Waals surface area contributed by atoms with Crippen molar-refractivity contribution in [3.8, 4) is 0 Å². The summed E-state index contributed by atoms with van der Waals surface area (Å²) in [5, 5.41) is 8.95. The van der Waals surface area contributed by atoms with Crippen LogP contribution in [-0.2, 0) is 24.8 Å². The molecule has 8 heteroatoms. The zero-order valence-corrected chi connectivity index (χ0v) is 17.8. The number of benzene rings is 1. The second-order valence-corrected chi connectivity index (χ2v) is 7.34. The predicted molar refractivity (Wildman–Crippen MR) is 115 cm³/mol. The number of carbonyl (C=O) groups excluding carboxylic acids is 2. The summed E-state index contributed by atoms with van der Waals surface area (Å²) in [6, 6.07) is 7.20. The molecule has 158 valence electrons. The maximum Gasteiger partial charge on any atom is 0.273 e. The summed E-state index contributed by atoms with van der Waals surface area (Å²) in [6.45, 7) is 6.57. The topological polar surface area (TPSA) is 109 Å². The van der Waals surface area contributed by atoms with Gasteiger partial charge in [-0.25, -0.2) is 4.98 Å². The fourth-order valence-corrected chi connectivity index (χ4v) is 3.63. The van der Waals surface area contributed by atoms with Crippen molar-refractivity contribution in [1.82, 2.24) is 25.4 Å². The highest BCUT2D eigenvalue weighted by molar-refractivity contribution is 5.94. The van der Waals surface area contributed by atoms with Gasteiger partial charge in [-0.05, 0) is 56.0 Å². The van der Waals surface area contributed by atoms with Crippen molar-refractivity contribution < 1.29 is 9.59 Å². The van der Waals surface area contributed by atoms with Gasteiger partial charge in [0.15, 0.2) is 5.65 Å². The van der Waals surface area contributed by atoms with Gasteiger partial charge in [0.25, 0.3) is 11.5 Å². The fraction of sp³-hybridized carbons (Fsp3) is 0.364. The van der Waals surface area contributed by atoms with Gasteiger partial charge in [-0.1, -0.05) is 12.1 Å². The van der Waals surface area contributed by atoms with Gasteiger partial charge in [0.2, 0.25) is 5.91 Å². The molecule has 3 rings (SSSR count).